The van der Waals surface area contributed by atoms with Crippen LogP contribution in [0.5, 0.6) is 0 Å². The first kappa shape index (κ1) is 10.9. The second-order valence-corrected chi connectivity index (χ2v) is 4.82. The minimum atomic E-state index is 0.158. The number of carbonyl (C=O) groups is 1. The summed E-state index contributed by atoms with van der Waals surface area (Å²) in [5.74, 6) is 2.71. The van der Waals surface area contributed by atoms with Gasteiger partial charge in [0.15, 0.2) is 0 Å². The van der Waals surface area contributed by atoms with Crippen LogP contribution in [-0.4, -0.2) is 30.0 Å². The third kappa shape index (κ3) is 4.00. The minimum Gasteiger partial charge on any atom is -0.353 e. The Morgan fingerprint density at radius 1 is 1.77 bits per heavy atom. The Labute approximate surface area is 83.8 Å². The van der Waals surface area contributed by atoms with Gasteiger partial charge in [-0.05, 0) is 24.6 Å². The lowest BCUT2D eigenvalue weighted by atomic mass is 10.1. The van der Waals surface area contributed by atoms with E-state index in [4.69, 9.17) is 5.73 Å². The van der Waals surface area contributed by atoms with Crippen molar-refractivity contribution in [2.24, 2.45) is 11.7 Å². The van der Waals surface area contributed by atoms with E-state index in [1.165, 1.54) is 5.75 Å². The number of amides is 1. The fourth-order valence-electron chi connectivity index (χ4n) is 1.33. The van der Waals surface area contributed by atoms with Gasteiger partial charge in [-0.2, -0.15) is 11.8 Å². The van der Waals surface area contributed by atoms with Gasteiger partial charge in [0, 0.05) is 18.2 Å². The Hall–Kier alpha value is -0.220. The molecular formula is C9H18N2OS. The number of nitrogens with two attached hydrogens (primary N) is 1. The molecule has 0 aromatic rings. The maximum atomic E-state index is 11.4. The maximum absolute atomic E-state index is 11.4. The standard InChI is InChI=1S/C9H18N2OS/c1-7(5-10)4-9(12)11-8-2-3-13-6-8/h7-8H,2-6,10H2,1H3,(H,11,12). The van der Waals surface area contributed by atoms with Gasteiger partial charge >= 0.3 is 0 Å². The van der Waals surface area contributed by atoms with Crippen LogP contribution in [-0.2, 0) is 4.79 Å². The summed E-state index contributed by atoms with van der Waals surface area (Å²) in [6.45, 7) is 2.59. The van der Waals surface area contributed by atoms with Crippen molar-refractivity contribution in [3.05, 3.63) is 0 Å². The Balaban J connectivity index is 2.16. The Bertz CT molecular complexity index is 169. The lowest BCUT2D eigenvalue weighted by Gasteiger charge is -2.13. The summed E-state index contributed by atoms with van der Waals surface area (Å²) in [7, 11) is 0. The number of hydrogen-bond donors (Lipinski definition) is 2. The molecule has 0 aliphatic carbocycles. The van der Waals surface area contributed by atoms with Gasteiger partial charge in [-0.1, -0.05) is 6.92 Å². The molecule has 0 bridgehead atoms. The van der Waals surface area contributed by atoms with E-state index in [2.05, 4.69) is 5.32 Å². The summed E-state index contributed by atoms with van der Waals surface area (Å²) < 4.78 is 0. The Kier molecular flexibility index (Phi) is 4.59. The quantitative estimate of drug-likeness (QED) is 0.701. The average Bonchev–Trinajstić information content (AvgIpc) is 2.56. The molecule has 1 fully saturated rings. The van der Waals surface area contributed by atoms with E-state index in [0.717, 1.165) is 12.2 Å². The molecule has 1 rings (SSSR count). The van der Waals surface area contributed by atoms with Gasteiger partial charge in [0.1, 0.15) is 0 Å². The van der Waals surface area contributed by atoms with Gasteiger partial charge in [0.2, 0.25) is 5.91 Å². The smallest absolute Gasteiger partial charge is 0.220 e. The topological polar surface area (TPSA) is 55.1 Å². The van der Waals surface area contributed by atoms with Crippen molar-refractivity contribution in [3.63, 3.8) is 0 Å². The SMILES string of the molecule is CC(CN)CC(=O)NC1CCSC1. The van der Waals surface area contributed by atoms with E-state index in [1.807, 2.05) is 18.7 Å². The highest BCUT2D eigenvalue weighted by Crippen LogP contribution is 2.17. The van der Waals surface area contributed by atoms with Crippen LogP contribution < -0.4 is 11.1 Å². The van der Waals surface area contributed by atoms with Crippen LogP contribution in [0.2, 0.25) is 0 Å². The molecule has 0 aromatic carbocycles. The zero-order valence-electron chi connectivity index (χ0n) is 8.08. The lowest BCUT2D eigenvalue weighted by molar-refractivity contribution is -0.122. The number of hydrogen-bond acceptors (Lipinski definition) is 3. The zero-order valence-corrected chi connectivity index (χ0v) is 8.90. The molecule has 1 aliphatic rings. The van der Waals surface area contributed by atoms with Crippen LogP contribution in [0.4, 0.5) is 0 Å². The van der Waals surface area contributed by atoms with Gasteiger partial charge in [-0.25, -0.2) is 0 Å². The molecule has 0 spiro atoms. The fourth-order valence-corrected chi connectivity index (χ4v) is 2.49. The van der Waals surface area contributed by atoms with Gasteiger partial charge in [0.05, 0.1) is 0 Å². The van der Waals surface area contributed by atoms with E-state index in [9.17, 15) is 4.79 Å². The van der Waals surface area contributed by atoms with Crippen molar-refractivity contribution in [2.75, 3.05) is 18.1 Å². The van der Waals surface area contributed by atoms with Crippen molar-refractivity contribution < 1.29 is 4.79 Å². The molecule has 0 saturated carbocycles. The molecule has 2 atom stereocenters. The van der Waals surface area contributed by atoms with Gasteiger partial charge in [-0.15, -0.1) is 0 Å². The molecule has 1 saturated heterocycles. The van der Waals surface area contributed by atoms with E-state index < -0.39 is 0 Å². The molecule has 4 heteroatoms. The molecule has 1 heterocycles. The second kappa shape index (κ2) is 5.50. The highest BCUT2D eigenvalue weighted by molar-refractivity contribution is 7.99. The van der Waals surface area contributed by atoms with Crippen LogP contribution in [0.25, 0.3) is 0 Å². The van der Waals surface area contributed by atoms with Gasteiger partial charge in [0.25, 0.3) is 0 Å². The minimum absolute atomic E-state index is 0.158. The van der Waals surface area contributed by atoms with Crippen molar-refractivity contribution in [1.29, 1.82) is 0 Å². The van der Waals surface area contributed by atoms with Crippen LogP contribution in [0.15, 0.2) is 0 Å². The zero-order chi connectivity index (χ0) is 9.68. The second-order valence-electron chi connectivity index (χ2n) is 3.67. The molecule has 1 amide bonds. The van der Waals surface area contributed by atoms with Gasteiger partial charge < -0.3 is 11.1 Å². The molecule has 3 nitrogen and oxygen atoms in total. The molecule has 76 valence electrons. The summed E-state index contributed by atoms with van der Waals surface area (Å²) in [5, 5.41) is 3.03. The highest BCUT2D eigenvalue weighted by atomic mass is 32.2. The first-order valence-corrected chi connectivity index (χ1v) is 5.95. The molecule has 1 aliphatic heterocycles. The van der Waals surface area contributed by atoms with Crippen molar-refractivity contribution in [2.45, 2.75) is 25.8 Å². The molecule has 0 aromatic heterocycles. The number of thioether (sulfide) groups is 1. The summed E-state index contributed by atoms with van der Waals surface area (Å²) in [5.41, 5.74) is 5.44. The Morgan fingerprint density at radius 2 is 2.54 bits per heavy atom. The normalized spacial score (nSPS) is 24.3. The maximum Gasteiger partial charge on any atom is 0.220 e. The van der Waals surface area contributed by atoms with Gasteiger partial charge in [-0.3, -0.25) is 4.79 Å². The molecule has 3 N–H and O–H groups in total. The summed E-state index contributed by atoms with van der Waals surface area (Å²) in [6, 6.07) is 0.405. The molecule has 13 heavy (non-hydrogen) atoms. The molecule has 2 unspecified atom stereocenters. The van der Waals surface area contributed by atoms with Crippen molar-refractivity contribution >= 4 is 17.7 Å². The first-order chi connectivity index (χ1) is 6.22. The summed E-state index contributed by atoms with van der Waals surface area (Å²) >= 11 is 1.91. The van der Waals surface area contributed by atoms with Crippen molar-refractivity contribution in [3.8, 4) is 0 Å². The van der Waals surface area contributed by atoms with Crippen LogP contribution in [0.1, 0.15) is 19.8 Å². The van der Waals surface area contributed by atoms with E-state index >= 15 is 0 Å². The van der Waals surface area contributed by atoms with E-state index in [0.29, 0.717) is 24.9 Å². The monoisotopic (exact) mass is 202 g/mol. The number of rotatable bonds is 4. The highest BCUT2D eigenvalue weighted by Gasteiger charge is 2.18. The summed E-state index contributed by atoms with van der Waals surface area (Å²) in [4.78, 5) is 11.4. The summed E-state index contributed by atoms with van der Waals surface area (Å²) in [6.07, 6.45) is 1.69. The van der Waals surface area contributed by atoms with E-state index in [1.54, 1.807) is 0 Å². The number of carbonyl (C=O) groups excluding carboxylic acids is 1. The predicted octanol–water partition coefficient (Wildman–Crippen LogP) is 0.593. The third-order valence-corrected chi connectivity index (χ3v) is 3.39. The fraction of sp³-hybridized carbons (Fsp3) is 0.889. The average molecular weight is 202 g/mol. The van der Waals surface area contributed by atoms with Crippen molar-refractivity contribution in [1.82, 2.24) is 5.32 Å². The Morgan fingerprint density at radius 3 is 3.08 bits per heavy atom. The predicted molar refractivity (Wildman–Crippen MR) is 56.7 cm³/mol. The van der Waals surface area contributed by atoms with Crippen LogP contribution in [0, 0.1) is 5.92 Å². The lowest BCUT2D eigenvalue weighted by Crippen LogP contribution is -2.36. The molecular weight excluding hydrogens is 184 g/mol. The van der Waals surface area contributed by atoms with Crippen LogP contribution >= 0.6 is 11.8 Å². The van der Waals surface area contributed by atoms with Crippen LogP contribution in [0.3, 0.4) is 0 Å². The molecule has 0 radical (unpaired) electrons. The number of nitrogens with one attached hydrogen (secondary N) is 1. The third-order valence-electron chi connectivity index (χ3n) is 2.23. The first-order valence-electron chi connectivity index (χ1n) is 4.79. The largest absolute Gasteiger partial charge is 0.353 e. The van der Waals surface area contributed by atoms with E-state index in [-0.39, 0.29) is 5.91 Å².